The molecule has 0 aromatic carbocycles. The van der Waals surface area contributed by atoms with E-state index in [-0.39, 0.29) is 4.32 Å². The lowest BCUT2D eigenvalue weighted by molar-refractivity contribution is 0.405. The summed E-state index contributed by atoms with van der Waals surface area (Å²) in [6.07, 6.45) is 3.45. The highest BCUT2D eigenvalue weighted by Gasteiger charge is 2.37. The Morgan fingerprint density at radius 2 is 1.38 bits per heavy atom. The van der Waals surface area contributed by atoms with Crippen LogP contribution in [0.2, 0.25) is 0 Å². The van der Waals surface area contributed by atoms with Crippen LogP contribution in [0.1, 0.15) is 40.0 Å². The van der Waals surface area contributed by atoms with E-state index in [4.69, 9.17) is 14.4 Å². The standard InChI is InChI=1S/C9H17Br3.HO3P/c1-4-7(10)9(12,6-3)8(11)5-2;1-4(2)3/h7-8H,4-6H2,1-3H3;(H-,1,2,3)/p+1. The Hall–Kier alpha value is 1.46. The summed E-state index contributed by atoms with van der Waals surface area (Å²) in [4.78, 5) is 15.3. The van der Waals surface area contributed by atoms with Gasteiger partial charge in [0.1, 0.15) is 0 Å². The van der Waals surface area contributed by atoms with Crippen LogP contribution in [0.4, 0.5) is 0 Å². The van der Waals surface area contributed by atoms with Gasteiger partial charge in [-0.2, -0.15) is 0 Å². The normalized spacial score (nSPS) is 17.8. The average Bonchev–Trinajstić information content (AvgIpc) is 2.24. The van der Waals surface area contributed by atoms with E-state index in [1.165, 1.54) is 0 Å². The number of rotatable bonds is 5. The second-order valence-electron chi connectivity index (χ2n) is 3.28. The average molecular weight is 446 g/mol. The van der Waals surface area contributed by atoms with E-state index >= 15 is 0 Å². The van der Waals surface area contributed by atoms with Crippen molar-refractivity contribution in [2.75, 3.05) is 0 Å². The minimum Gasteiger partial charge on any atom is -0.134 e. The highest BCUT2D eigenvalue weighted by Crippen LogP contribution is 2.41. The Balaban J connectivity index is 0. The summed E-state index contributed by atoms with van der Waals surface area (Å²) in [6.45, 7) is 6.64. The lowest BCUT2D eigenvalue weighted by Gasteiger charge is -2.35. The zero-order valence-electron chi connectivity index (χ0n) is 9.66. The van der Waals surface area contributed by atoms with Crippen LogP contribution in [-0.2, 0) is 4.57 Å². The molecule has 0 fully saturated rings. The van der Waals surface area contributed by atoms with Crippen LogP contribution >= 0.6 is 56.0 Å². The van der Waals surface area contributed by atoms with Crippen LogP contribution in [0.25, 0.3) is 0 Å². The molecule has 98 valence electrons. The van der Waals surface area contributed by atoms with Gasteiger partial charge < -0.3 is 0 Å². The van der Waals surface area contributed by atoms with Gasteiger partial charge in [0.2, 0.25) is 0 Å². The number of halogens is 3. The zero-order valence-corrected chi connectivity index (χ0v) is 15.3. The first-order chi connectivity index (χ1) is 7.26. The van der Waals surface area contributed by atoms with E-state index < -0.39 is 8.25 Å². The maximum atomic E-state index is 8.70. The third kappa shape index (κ3) is 7.72. The second-order valence-corrected chi connectivity index (χ2v) is 7.48. The van der Waals surface area contributed by atoms with Gasteiger partial charge in [-0.15, -0.1) is 9.79 Å². The summed E-state index contributed by atoms with van der Waals surface area (Å²) in [7, 11) is -2.87. The molecular weight excluding hydrogens is 427 g/mol. The summed E-state index contributed by atoms with van der Waals surface area (Å²) in [5.41, 5.74) is 0. The van der Waals surface area contributed by atoms with Gasteiger partial charge in [0.25, 0.3) is 0 Å². The molecule has 0 amide bonds. The predicted octanol–water partition coefficient (Wildman–Crippen LogP) is 4.51. The molecule has 0 aromatic heterocycles. The first-order valence-electron chi connectivity index (χ1n) is 5.08. The first-order valence-corrected chi connectivity index (χ1v) is 8.87. The van der Waals surface area contributed by atoms with Crippen LogP contribution in [-0.4, -0.2) is 23.8 Å². The fourth-order valence-electron chi connectivity index (χ4n) is 1.32. The Morgan fingerprint density at radius 3 is 1.50 bits per heavy atom. The van der Waals surface area contributed by atoms with Gasteiger partial charge in [-0.3, -0.25) is 0 Å². The Kier molecular flexibility index (Phi) is 12.9. The highest BCUT2D eigenvalue weighted by atomic mass is 79.9. The Bertz CT molecular complexity index is 190. The predicted molar refractivity (Wildman–Crippen MR) is 80.0 cm³/mol. The number of alkyl halides is 3. The fraction of sp³-hybridized carbons (Fsp3) is 1.00. The van der Waals surface area contributed by atoms with Crippen molar-refractivity contribution >= 4 is 56.0 Å². The number of hydrogen-bond acceptors (Lipinski definition) is 1. The molecule has 2 N–H and O–H groups in total. The molecule has 0 aliphatic rings. The minimum atomic E-state index is -2.87. The molecule has 0 rings (SSSR count). The fourth-order valence-corrected chi connectivity index (χ4v) is 3.61. The Morgan fingerprint density at radius 1 is 1.12 bits per heavy atom. The van der Waals surface area contributed by atoms with E-state index in [0.717, 1.165) is 19.3 Å². The lowest BCUT2D eigenvalue weighted by Crippen LogP contribution is -2.39. The van der Waals surface area contributed by atoms with Gasteiger partial charge in [-0.05, 0) is 19.3 Å². The Labute approximate surface area is 124 Å². The van der Waals surface area contributed by atoms with Crippen LogP contribution < -0.4 is 0 Å². The molecule has 0 aliphatic carbocycles. The van der Waals surface area contributed by atoms with Gasteiger partial charge in [-0.1, -0.05) is 68.6 Å². The molecule has 0 aromatic rings. The molecule has 0 heterocycles. The van der Waals surface area contributed by atoms with Crippen molar-refractivity contribution in [3.63, 3.8) is 0 Å². The van der Waals surface area contributed by atoms with Crippen LogP contribution in [0.3, 0.4) is 0 Å². The second kappa shape index (κ2) is 10.4. The first kappa shape index (κ1) is 19.8. The summed E-state index contributed by atoms with van der Waals surface area (Å²) in [5, 5.41) is 0. The molecule has 16 heavy (non-hydrogen) atoms. The van der Waals surface area contributed by atoms with Gasteiger partial charge in [-0.25, -0.2) is 0 Å². The van der Waals surface area contributed by atoms with Crippen molar-refractivity contribution < 1.29 is 14.4 Å². The molecule has 0 aliphatic heterocycles. The topological polar surface area (TPSA) is 57.5 Å². The number of hydrogen-bond donors (Lipinski definition) is 2. The lowest BCUT2D eigenvalue weighted by atomic mass is 9.95. The van der Waals surface area contributed by atoms with Gasteiger partial charge in [0.05, 0.1) is 4.32 Å². The maximum absolute atomic E-state index is 8.70. The molecule has 0 saturated heterocycles. The smallest absolute Gasteiger partial charge is 0.134 e. The SMILES string of the molecule is CCC(Br)C(Br)(CC)C(Br)CC.O=[P+](O)O. The largest absolute Gasteiger partial charge is 0.692 e. The molecule has 0 radical (unpaired) electrons. The third-order valence-electron chi connectivity index (χ3n) is 2.30. The van der Waals surface area contributed by atoms with Crippen LogP contribution in [0.5, 0.6) is 0 Å². The van der Waals surface area contributed by atoms with Crippen molar-refractivity contribution in [2.24, 2.45) is 0 Å². The summed E-state index contributed by atoms with van der Waals surface area (Å²) in [5.74, 6) is 0. The van der Waals surface area contributed by atoms with Crippen molar-refractivity contribution in [2.45, 2.75) is 54.0 Å². The minimum absolute atomic E-state index is 0.205. The molecular formula is C9H19Br3O3P+. The van der Waals surface area contributed by atoms with Crippen molar-refractivity contribution in [1.29, 1.82) is 0 Å². The van der Waals surface area contributed by atoms with Gasteiger partial charge in [0.15, 0.2) is 0 Å². The molecule has 2 atom stereocenters. The van der Waals surface area contributed by atoms with Gasteiger partial charge >= 0.3 is 8.25 Å². The molecule has 2 unspecified atom stereocenters. The molecule has 0 saturated carbocycles. The quantitative estimate of drug-likeness (QED) is 0.483. The van der Waals surface area contributed by atoms with E-state index in [0.29, 0.717) is 9.65 Å². The summed E-state index contributed by atoms with van der Waals surface area (Å²) < 4.78 is 8.91. The van der Waals surface area contributed by atoms with Crippen molar-refractivity contribution in [3.8, 4) is 0 Å². The monoisotopic (exact) mass is 443 g/mol. The van der Waals surface area contributed by atoms with Crippen LogP contribution in [0, 0.1) is 0 Å². The summed E-state index contributed by atoms with van der Waals surface area (Å²) >= 11 is 11.3. The maximum Gasteiger partial charge on any atom is 0.692 e. The van der Waals surface area contributed by atoms with Crippen molar-refractivity contribution in [1.82, 2.24) is 0 Å². The zero-order chi connectivity index (χ0) is 13.4. The van der Waals surface area contributed by atoms with Crippen molar-refractivity contribution in [3.05, 3.63) is 0 Å². The molecule has 0 bridgehead atoms. The van der Waals surface area contributed by atoms with Crippen LogP contribution in [0.15, 0.2) is 0 Å². The van der Waals surface area contributed by atoms with E-state index in [9.17, 15) is 0 Å². The van der Waals surface area contributed by atoms with Gasteiger partial charge in [0, 0.05) is 14.2 Å². The third-order valence-corrected chi connectivity index (χ3v) is 8.12. The highest BCUT2D eigenvalue weighted by molar-refractivity contribution is 9.14. The van der Waals surface area contributed by atoms with E-state index in [2.05, 4.69) is 68.6 Å². The van der Waals surface area contributed by atoms with E-state index in [1.54, 1.807) is 0 Å². The van der Waals surface area contributed by atoms with E-state index in [1.807, 2.05) is 0 Å². The molecule has 7 heteroatoms. The molecule has 0 spiro atoms. The summed E-state index contributed by atoms with van der Waals surface area (Å²) in [6, 6.07) is 0. The molecule has 3 nitrogen and oxygen atoms in total.